The average Bonchev–Trinajstić information content (AvgIpc) is 2.79. The highest BCUT2D eigenvalue weighted by molar-refractivity contribution is 6.42. The van der Waals surface area contributed by atoms with Crippen molar-refractivity contribution >= 4 is 35.0 Å². The zero-order chi connectivity index (χ0) is 22.1. The van der Waals surface area contributed by atoms with Crippen molar-refractivity contribution in [2.24, 2.45) is 0 Å². The Balaban J connectivity index is 1.30. The number of hydrogen-bond acceptors (Lipinski definition) is 4. The van der Waals surface area contributed by atoms with Crippen LogP contribution < -0.4 is 10.1 Å². The van der Waals surface area contributed by atoms with Crippen molar-refractivity contribution in [3.05, 3.63) is 64.1 Å². The van der Waals surface area contributed by atoms with Gasteiger partial charge in [0.25, 0.3) is 0 Å². The maximum absolute atomic E-state index is 12.4. The summed E-state index contributed by atoms with van der Waals surface area (Å²) in [7, 11) is 0. The molecule has 2 aromatic rings. The van der Waals surface area contributed by atoms with Gasteiger partial charge in [0, 0.05) is 39.1 Å². The van der Waals surface area contributed by atoms with E-state index in [-0.39, 0.29) is 11.8 Å². The Morgan fingerprint density at radius 3 is 2.45 bits per heavy atom. The van der Waals surface area contributed by atoms with E-state index in [1.165, 1.54) is 0 Å². The molecule has 0 spiro atoms. The van der Waals surface area contributed by atoms with E-state index in [0.29, 0.717) is 74.5 Å². The number of nitrogens with zero attached hydrogens (tertiary/aromatic N) is 2. The first kappa shape index (κ1) is 23.4. The fraction of sp³-hybridized carbons (Fsp3) is 0.391. The van der Waals surface area contributed by atoms with Crippen molar-refractivity contribution in [1.82, 2.24) is 15.1 Å². The summed E-state index contributed by atoms with van der Waals surface area (Å²) in [4.78, 5) is 28.5. The highest BCUT2D eigenvalue weighted by Crippen LogP contribution is 2.31. The standard InChI is InChI=1S/C23H27Cl2N3O3/c24-19-8-4-9-20(23(19)25)31-15-5-10-22(30)28-13-11-27(12-14-28)17-21(29)26-16-18-6-2-1-3-7-18/h1-4,6-9H,5,10-17H2,(H,26,29). The van der Waals surface area contributed by atoms with E-state index in [2.05, 4.69) is 10.2 Å². The largest absolute Gasteiger partial charge is 0.492 e. The molecule has 2 amide bonds. The fourth-order valence-corrected chi connectivity index (χ4v) is 3.72. The van der Waals surface area contributed by atoms with Crippen molar-refractivity contribution in [2.75, 3.05) is 39.3 Å². The fourth-order valence-electron chi connectivity index (χ4n) is 3.37. The van der Waals surface area contributed by atoms with Crippen molar-refractivity contribution in [1.29, 1.82) is 0 Å². The van der Waals surface area contributed by atoms with Gasteiger partial charge < -0.3 is 15.0 Å². The lowest BCUT2D eigenvalue weighted by atomic mass is 10.2. The normalized spacial score (nSPS) is 14.3. The number of carbonyl (C=O) groups excluding carboxylic acids is 2. The summed E-state index contributed by atoms with van der Waals surface area (Å²) in [5.74, 6) is 0.634. The van der Waals surface area contributed by atoms with Crippen LogP contribution >= 0.6 is 23.2 Å². The molecule has 6 nitrogen and oxygen atoms in total. The van der Waals surface area contributed by atoms with Gasteiger partial charge in [-0.1, -0.05) is 59.6 Å². The van der Waals surface area contributed by atoms with Gasteiger partial charge in [0.05, 0.1) is 18.2 Å². The predicted molar refractivity (Wildman–Crippen MR) is 122 cm³/mol. The monoisotopic (exact) mass is 463 g/mol. The Morgan fingerprint density at radius 1 is 0.968 bits per heavy atom. The number of benzene rings is 2. The molecular weight excluding hydrogens is 437 g/mol. The SMILES string of the molecule is O=C(CN1CCN(C(=O)CCCOc2cccc(Cl)c2Cl)CC1)NCc1ccccc1. The first-order valence-electron chi connectivity index (χ1n) is 10.4. The highest BCUT2D eigenvalue weighted by Gasteiger charge is 2.22. The van der Waals surface area contributed by atoms with E-state index in [1.807, 2.05) is 35.2 Å². The van der Waals surface area contributed by atoms with Crippen LogP contribution in [0.15, 0.2) is 48.5 Å². The second-order valence-electron chi connectivity index (χ2n) is 7.42. The molecule has 1 aliphatic rings. The highest BCUT2D eigenvalue weighted by atomic mass is 35.5. The summed E-state index contributed by atoms with van der Waals surface area (Å²) >= 11 is 12.1. The molecule has 0 atom stereocenters. The molecule has 166 valence electrons. The molecule has 31 heavy (non-hydrogen) atoms. The van der Waals surface area contributed by atoms with Crippen LogP contribution in [-0.2, 0) is 16.1 Å². The van der Waals surface area contributed by atoms with Crippen LogP contribution in [0.1, 0.15) is 18.4 Å². The number of nitrogens with one attached hydrogen (secondary N) is 1. The maximum Gasteiger partial charge on any atom is 0.234 e. The molecular formula is C23H27Cl2N3O3. The Kier molecular flexibility index (Phi) is 9.00. The van der Waals surface area contributed by atoms with Gasteiger partial charge in [0.2, 0.25) is 11.8 Å². The Hall–Kier alpha value is -2.28. The molecule has 3 rings (SSSR count). The molecule has 0 aromatic heterocycles. The van der Waals surface area contributed by atoms with Crippen LogP contribution in [0.4, 0.5) is 0 Å². The van der Waals surface area contributed by atoms with Gasteiger partial charge in [-0.2, -0.15) is 0 Å². The van der Waals surface area contributed by atoms with Gasteiger partial charge in [-0.3, -0.25) is 14.5 Å². The summed E-state index contributed by atoms with van der Waals surface area (Å²) in [5.41, 5.74) is 1.08. The van der Waals surface area contributed by atoms with E-state index < -0.39 is 0 Å². The van der Waals surface area contributed by atoms with E-state index in [0.717, 1.165) is 5.56 Å². The third-order valence-electron chi connectivity index (χ3n) is 5.13. The predicted octanol–water partition coefficient (Wildman–Crippen LogP) is 3.61. The van der Waals surface area contributed by atoms with Crippen LogP contribution in [0.25, 0.3) is 0 Å². The smallest absolute Gasteiger partial charge is 0.234 e. The molecule has 1 saturated heterocycles. The molecule has 1 fully saturated rings. The average molecular weight is 464 g/mol. The van der Waals surface area contributed by atoms with E-state index in [1.54, 1.807) is 18.2 Å². The van der Waals surface area contributed by atoms with Gasteiger partial charge in [0.1, 0.15) is 10.8 Å². The lowest BCUT2D eigenvalue weighted by molar-refractivity contribution is -0.133. The third-order valence-corrected chi connectivity index (χ3v) is 5.93. The topological polar surface area (TPSA) is 61.9 Å². The second kappa shape index (κ2) is 11.9. The summed E-state index contributed by atoms with van der Waals surface area (Å²) < 4.78 is 5.63. The number of ether oxygens (including phenoxy) is 1. The Labute approximate surface area is 193 Å². The van der Waals surface area contributed by atoms with E-state index >= 15 is 0 Å². The van der Waals surface area contributed by atoms with Gasteiger partial charge >= 0.3 is 0 Å². The number of piperazine rings is 1. The minimum Gasteiger partial charge on any atom is -0.492 e. The van der Waals surface area contributed by atoms with Crippen LogP contribution in [0.2, 0.25) is 10.0 Å². The number of rotatable bonds is 9. The lowest BCUT2D eigenvalue weighted by Gasteiger charge is -2.34. The van der Waals surface area contributed by atoms with Crippen LogP contribution in [-0.4, -0.2) is 60.9 Å². The molecule has 2 aromatic carbocycles. The Morgan fingerprint density at radius 2 is 1.71 bits per heavy atom. The number of amides is 2. The maximum atomic E-state index is 12.4. The molecule has 1 aliphatic heterocycles. The zero-order valence-corrected chi connectivity index (χ0v) is 18.9. The van der Waals surface area contributed by atoms with Gasteiger partial charge in [-0.05, 0) is 24.1 Å². The summed E-state index contributed by atoms with van der Waals surface area (Å²) in [6, 6.07) is 15.1. The molecule has 0 bridgehead atoms. The van der Waals surface area contributed by atoms with Crippen molar-refractivity contribution in [3.8, 4) is 5.75 Å². The summed E-state index contributed by atoms with van der Waals surface area (Å²) in [5, 5.41) is 3.78. The Bertz CT molecular complexity index is 872. The first-order chi connectivity index (χ1) is 15.0. The molecule has 0 unspecified atom stereocenters. The molecule has 1 N–H and O–H groups in total. The van der Waals surface area contributed by atoms with E-state index in [9.17, 15) is 9.59 Å². The summed E-state index contributed by atoms with van der Waals surface area (Å²) in [6.45, 7) is 3.92. The van der Waals surface area contributed by atoms with Crippen molar-refractivity contribution in [2.45, 2.75) is 19.4 Å². The third kappa shape index (κ3) is 7.42. The molecule has 0 saturated carbocycles. The minimum atomic E-state index is 0.000421. The van der Waals surface area contributed by atoms with Crippen LogP contribution in [0.3, 0.4) is 0 Å². The second-order valence-corrected chi connectivity index (χ2v) is 8.21. The van der Waals surface area contributed by atoms with Crippen molar-refractivity contribution < 1.29 is 14.3 Å². The molecule has 0 radical (unpaired) electrons. The quantitative estimate of drug-likeness (QED) is 0.576. The van der Waals surface area contributed by atoms with Crippen LogP contribution in [0, 0.1) is 0 Å². The number of halogens is 2. The van der Waals surface area contributed by atoms with Crippen LogP contribution in [0.5, 0.6) is 5.75 Å². The molecule has 8 heteroatoms. The first-order valence-corrected chi connectivity index (χ1v) is 11.2. The minimum absolute atomic E-state index is 0.000421. The molecule has 1 heterocycles. The zero-order valence-electron chi connectivity index (χ0n) is 17.4. The van der Waals surface area contributed by atoms with E-state index in [4.69, 9.17) is 27.9 Å². The summed E-state index contributed by atoms with van der Waals surface area (Å²) in [6.07, 6.45) is 1.01. The number of carbonyl (C=O) groups is 2. The van der Waals surface area contributed by atoms with Gasteiger partial charge in [0.15, 0.2) is 0 Å². The van der Waals surface area contributed by atoms with Gasteiger partial charge in [-0.25, -0.2) is 0 Å². The van der Waals surface area contributed by atoms with Gasteiger partial charge in [-0.15, -0.1) is 0 Å². The molecule has 0 aliphatic carbocycles. The lowest BCUT2D eigenvalue weighted by Crippen LogP contribution is -2.51. The van der Waals surface area contributed by atoms with Crippen molar-refractivity contribution in [3.63, 3.8) is 0 Å². The number of hydrogen-bond donors (Lipinski definition) is 1.